The lowest BCUT2D eigenvalue weighted by Crippen LogP contribution is -2.50. The van der Waals surface area contributed by atoms with Crippen LogP contribution in [0, 0.1) is 0 Å². The molecular weight excluding hydrogens is 230 g/mol. The molecule has 0 aliphatic carbocycles. The molecule has 1 saturated heterocycles. The summed E-state index contributed by atoms with van der Waals surface area (Å²) in [5.74, 6) is 0. The molecule has 1 rings (SSSR count). The van der Waals surface area contributed by atoms with Crippen LogP contribution in [-0.2, 0) is 14.8 Å². The summed E-state index contributed by atoms with van der Waals surface area (Å²) in [6.45, 7) is 7.08. The number of aliphatic hydroxyl groups is 1. The van der Waals surface area contributed by atoms with Crippen LogP contribution in [0.5, 0.6) is 0 Å². The molecule has 0 aromatic carbocycles. The minimum Gasteiger partial charge on any atom is -0.386 e. The molecule has 2 atom stereocenters. The Kier molecular flexibility index (Phi) is 3.69. The molecule has 0 bridgehead atoms. The van der Waals surface area contributed by atoms with E-state index in [1.165, 1.54) is 0 Å². The van der Waals surface area contributed by atoms with Gasteiger partial charge in [-0.15, -0.1) is 0 Å². The lowest BCUT2D eigenvalue weighted by Gasteiger charge is -2.28. The van der Waals surface area contributed by atoms with Crippen molar-refractivity contribution in [2.75, 3.05) is 13.2 Å². The monoisotopic (exact) mass is 251 g/mol. The molecule has 2 N–H and O–H groups in total. The highest BCUT2D eigenvalue weighted by atomic mass is 32.2. The van der Waals surface area contributed by atoms with Gasteiger partial charge in [-0.2, -0.15) is 0 Å². The summed E-state index contributed by atoms with van der Waals surface area (Å²) in [6.07, 6.45) is 0.121. The summed E-state index contributed by atoms with van der Waals surface area (Å²) in [6, 6.07) is 0. The van der Waals surface area contributed by atoms with Crippen LogP contribution in [0.25, 0.3) is 0 Å². The zero-order chi connectivity index (χ0) is 12.6. The molecule has 1 fully saturated rings. The predicted molar refractivity (Wildman–Crippen MR) is 61.7 cm³/mol. The normalized spacial score (nSPS) is 31.9. The van der Waals surface area contributed by atoms with Crippen molar-refractivity contribution in [3.05, 3.63) is 0 Å². The Morgan fingerprint density at radius 3 is 2.44 bits per heavy atom. The van der Waals surface area contributed by atoms with Gasteiger partial charge in [0.25, 0.3) is 0 Å². The molecule has 0 saturated carbocycles. The Labute approximate surface area is 97.2 Å². The maximum Gasteiger partial charge on any atom is 0.216 e. The zero-order valence-electron chi connectivity index (χ0n) is 10.3. The van der Waals surface area contributed by atoms with E-state index >= 15 is 0 Å². The number of nitrogens with one attached hydrogen (secondary N) is 1. The molecule has 0 amide bonds. The van der Waals surface area contributed by atoms with Gasteiger partial charge in [0.05, 0.1) is 10.9 Å². The van der Waals surface area contributed by atoms with E-state index in [0.29, 0.717) is 13.0 Å². The summed E-state index contributed by atoms with van der Waals surface area (Å²) in [4.78, 5) is 0. The van der Waals surface area contributed by atoms with Crippen LogP contribution < -0.4 is 4.72 Å². The number of hydrogen-bond acceptors (Lipinski definition) is 4. The highest BCUT2D eigenvalue weighted by molar-refractivity contribution is 7.90. The second-order valence-corrected chi connectivity index (χ2v) is 7.82. The van der Waals surface area contributed by atoms with Crippen LogP contribution in [0.4, 0.5) is 0 Å². The third kappa shape index (κ3) is 2.74. The van der Waals surface area contributed by atoms with Crippen molar-refractivity contribution in [3.8, 4) is 0 Å². The molecule has 1 aliphatic rings. The van der Waals surface area contributed by atoms with Crippen LogP contribution >= 0.6 is 0 Å². The summed E-state index contributed by atoms with van der Waals surface area (Å²) in [5, 5.41) is 10.1. The fourth-order valence-corrected chi connectivity index (χ4v) is 2.31. The van der Waals surface area contributed by atoms with Crippen LogP contribution in [0.2, 0.25) is 0 Å². The van der Waals surface area contributed by atoms with E-state index in [-0.39, 0.29) is 12.6 Å². The molecule has 16 heavy (non-hydrogen) atoms. The Balaban J connectivity index is 2.65. The van der Waals surface area contributed by atoms with Gasteiger partial charge >= 0.3 is 0 Å². The largest absolute Gasteiger partial charge is 0.386 e. The van der Waals surface area contributed by atoms with Crippen LogP contribution in [0.3, 0.4) is 0 Å². The van der Waals surface area contributed by atoms with E-state index in [1.54, 1.807) is 27.7 Å². The first-order chi connectivity index (χ1) is 7.08. The SMILES string of the molecule is CC1OCCC1(O)CNS(=O)(=O)C(C)(C)C. The van der Waals surface area contributed by atoms with Gasteiger partial charge in [0.2, 0.25) is 10.0 Å². The smallest absolute Gasteiger partial charge is 0.216 e. The lowest BCUT2D eigenvalue weighted by atomic mass is 9.97. The third-order valence-electron chi connectivity index (χ3n) is 3.03. The minimum absolute atomic E-state index is 0.00771. The quantitative estimate of drug-likeness (QED) is 0.753. The maximum absolute atomic E-state index is 11.8. The van der Waals surface area contributed by atoms with Gasteiger partial charge in [0, 0.05) is 19.6 Å². The van der Waals surface area contributed by atoms with Crippen molar-refractivity contribution in [2.24, 2.45) is 0 Å². The second kappa shape index (κ2) is 4.25. The van der Waals surface area contributed by atoms with Crippen molar-refractivity contribution in [1.29, 1.82) is 0 Å². The fourth-order valence-electron chi connectivity index (χ4n) is 1.44. The molecule has 0 radical (unpaired) electrons. The highest BCUT2D eigenvalue weighted by Crippen LogP contribution is 2.25. The molecule has 96 valence electrons. The van der Waals surface area contributed by atoms with Gasteiger partial charge in [-0.3, -0.25) is 0 Å². The van der Waals surface area contributed by atoms with Gasteiger partial charge in [-0.05, 0) is 27.7 Å². The van der Waals surface area contributed by atoms with Crippen LogP contribution in [0.15, 0.2) is 0 Å². The van der Waals surface area contributed by atoms with Gasteiger partial charge in [-0.25, -0.2) is 13.1 Å². The van der Waals surface area contributed by atoms with Crippen molar-refractivity contribution in [3.63, 3.8) is 0 Å². The summed E-state index contributed by atoms with van der Waals surface area (Å²) >= 11 is 0. The Bertz CT molecular complexity index is 346. The lowest BCUT2D eigenvalue weighted by molar-refractivity contribution is -0.0229. The molecule has 5 nitrogen and oxygen atoms in total. The van der Waals surface area contributed by atoms with E-state index in [9.17, 15) is 13.5 Å². The van der Waals surface area contributed by atoms with Crippen LogP contribution in [0.1, 0.15) is 34.1 Å². The van der Waals surface area contributed by atoms with E-state index < -0.39 is 20.4 Å². The van der Waals surface area contributed by atoms with Crippen molar-refractivity contribution < 1.29 is 18.3 Å². The average Bonchev–Trinajstić information content (AvgIpc) is 2.43. The molecule has 1 aliphatic heterocycles. The van der Waals surface area contributed by atoms with Gasteiger partial charge in [0.1, 0.15) is 5.60 Å². The van der Waals surface area contributed by atoms with Gasteiger partial charge in [0.15, 0.2) is 0 Å². The Morgan fingerprint density at radius 2 is 2.06 bits per heavy atom. The number of sulfonamides is 1. The van der Waals surface area contributed by atoms with Gasteiger partial charge in [-0.1, -0.05) is 0 Å². The molecule has 0 spiro atoms. The number of hydrogen-bond donors (Lipinski definition) is 2. The molecule has 0 aromatic heterocycles. The van der Waals surface area contributed by atoms with E-state index in [1.807, 2.05) is 0 Å². The number of ether oxygens (including phenoxy) is 1. The number of rotatable bonds is 3. The fraction of sp³-hybridized carbons (Fsp3) is 1.00. The van der Waals surface area contributed by atoms with E-state index in [0.717, 1.165) is 0 Å². The summed E-state index contributed by atoms with van der Waals surface area (Å²) < 4.78 is 30.4. The molecule has 0 aromatic rings. The first-order valence-corrected chi connectivity index (χ1v) is 6.90. The molecule has 1 heterocycles. The maximum atomic E-state index is 11.8. The standard InChI is InChI=1S/C10H21NO4S/c1-8-10(12,5-6-15-8)7-11-16(13,14)9(2,3)4/h8,11-12H,5-7H2,1-4H3. The van der Waals surface area contributed by atoms with E-state index in [2.05, 4.69) is 4.72 Å². The Hall–Kier alpha value is -0.170. The molecule has 6 heteroatoms. The predicted octanol–water partition coefficient (Wildman–Crippen LogP) is 0.244. The first-order valence-electron chi connectivity index (χ1n) is 5.42. The van der Waals surface area contributed by atoms with Crippen molar-refractivity contribution in [2.45, 2.75) is 50.6 Å². The van der Waals surface area contributed by atoms with Gasteiger partial charge < -0.3 is 9.84 Å². The first kappa shape index (κ1) is 13.9. The van der Waals surface area contributed by atoms with Crippen molar-refractivity contribution >= 4 is 10.0 Å². The minimum atomic E-state index is -3.41. The Morgan fingerprint density at radius 1 is 1.50 bits per heavy atom. The molecular formula is C10H21NO4S. The third-order valence-corrected chi connectivity index (χ3v) is 5.17. The summed E-state index contributed by atoms with van der Waals surface area (Å²) in [5.41, 5.74) is -1.09. The summed E-state index contributed by atoms with van der Waals surface area (Å²) in [7, 11) is -3.41. The van der Waals surface area contributed by atoms with Crippen LogP contribution in [-0.4, -0.2) is 43.1 Å². The zero-order valence-corrected chi connectivity index (χ0v) is 11.1. The second-order valence-electron chi connectivity index (χ2n) is 5.30. The van der Waals surface area contributed by atoms with Crippen molar-refractivity contribution in [1.82, 2.24) is 4.72 Å². The topological polar surface area (TPSA) is 75.6 Å². The van der Waals surface area contributed by atoms with E-state index in [4.69, 9.17) is 4.74 Å². The highest BCUT2D eigenvalue weighted by Gasteiger charge is 2.41. The average molecular weight is 251 g/mol. The molecule has 2 unspecified atom stereocenters.